The zero-order valence-electron chi connectivity index (χ0n) is 10.1. The van der Waals surface area contributed by atoms with Gasteiger partial charge >= 0.3 is 0 Å². The van der Waals surface area contributed by atoms with Gasteiger partial charge < -0.3 is 11.5 Å². The van der Waals surface area contributed by atoms with Crippen molar-refractivity contribution in [2.45, 2.75) is 0 Å². The average Bonchev–Trinajstić information content (AvgIpc) is 2.41. The summed E-state index contributed by atoms with van der Waals surface area (Å²) in [5.41, 5.74) is 12.1. The number of nitrogens with zero attached hydrogens (tertiary/aromatic N) is 2. The normalized spacial score (nSPS) is 10.2. The maximum atomic E-state index is 10.7. The van der Waals surface area contributed by atoms with E-state index in [1.165, 1.54) is 36.4 Å². The van der Waals surface area contributed by atoms with E-state index in [0.29, 0.717) is 11.1 Å². The third kappa shape index (κ3) is 2.21. The molecule has 8 heteroatoms. The molecule has 0 bridgehead atoms. The highest BCUT2D eigenvalue weighted by atomic mass is 16.6. The molecule has 4 N–H and O–H groups in total. The molecular weight excluding hydrogens is 264 g/mol. The molecular formula is C12H10N4O4. The van der Waals surface area contributed by atoms with E-state index in [9.17, 15) is 20.2 Å². The lowest BCUT2D eigenvalue weighted by Gasteiger charge is -2.08. The van der Waals surface area contributed by atoms with Gasteiger partial charge in [-0.2, -0.15) is 0 Å². The second kappa shape index (κ2) is 4.84. The van der Waals surface area contributed by atoms with Gasteiger partial charge in [0.25, 0.3) is 11.4 Å². The van der Waals surface area contributed by atoms with E-state index in [2.05, 4.69) is 0 Å². The van der Waals surface area contributed by atoms with Crippen molar-refractivity contribution in [1.82, 2.24) is 0 Å². The highest BCUT2D eigenvalue weighted by Gasteiger charge is 2.17. The van der Waals surface area contributed by atoms with Gasteiger partial charge in [0.15, 0.2) is 0 Å². The zero-order valence-corrected chi connectivity index (χ0v) is 10.1. The monoisotopic (exact) mass is 274 g/mol. The Morgan fingerprint density at radius 3 is 1.90 bits per heavy atom. The number of nitro groups is 2. The number of nitrogens with two attached hydrogens (primary N) is 2. The van der Waals surface area contributed by atoms with Crippen molar-refractivity contribution in [1.29, 1.82) is 0 Å². The molecule has 0 amide bonds. The number of hydrogen-bond donors (Lipinski definition) is 2. The van der Waals surface area contributed by atoms with Crippen molar-refractivity contribution >= 4 is 22.7 Å². The van der Waals surface area contributed by atoms with Crippen LogP contribution in [0.2, 0.25) is 0 Å². The van der Waals surface area contributed by atoms with Crippen LogP contribution in [0.1, 0.15) is 0 Å². The summed E-state index contributed by atoms with van der Waals surface area (Å²) < 4.78 is 0. The number of non-ortho nitro benzene ring substituents is 1. The number of benzene rings is 2. The van der Waals surface area contributed by atoms with E-state index < -0.39 is 9.85 Å². The van der Waals surface area contributed by atoms with Crippen LogP contribution in [-0.4, -0.2) is 9.85 Å². The van der Waals surface area contributed by atoms with Crippen LogP contribution in [0.25, 0.3) is 11.1 Å². The van der Waals surface area contributed by atoms with Crippen LogP contribution in [0.3, 0.4) is 0 Å². The highest BCUT2D eigenvalue weighted by molar-refractivity contribution is 5.89. The molecule has 2 aromatic rings. The first kappa shape index (κ1) is 13.3. The van der Waals surface area contributed by atoms with Crippen LogP contribution < -0.4 is 11.5 Å². The first-order valence-electron chi connectivity index (χ1n) is 5.49. The number of nitrogen functional groups attached to an aromatic ring is 2. The van der Waals surface area contributed by atoms with Crippen LogP contribution >= 0.6 is 0 Å². The number of hydrogen-bond acceptors (Lipinski definition) is 6. The van der Waals surface area contributed by atoms with Crippen LogP contribution in [-0.2, 0) is 0 Å². The first-order valence-corrected chi connectivity index (χ1v) is 5.49. The molecule has 0 atom stereocenters. The second-order valence-electron chi connectivity index (χ2n) is 4.02. The molecule has 8 nitrogen and oxygen atoms in total. The number of rotatable bonds is 3. The summed E-state index contributed by atoms with van der Waals surface area (Å²) in [6.45, 7) is 0. The highest BCUT2D eigenvalue weighted by Crippen LogP contribution is 2.36. The van der Waals surface area contributed by atoms with E-state index in [-0.39, 0.29) is 22.7 Å². The molecule has 0 aliphatic carbocycles. The molecule has 0 aliphatic heterocycles. The standard InChI is InChI=1S/C12H10N4O4/c13-11-9(5-6-10(12(11)14)16(19)20)7-1-3-8(4-2-7)15(17)18/h1-6H,13-14H2. The van der Waals surface area contributed by atoms with Crippen molar-refractivity contribution in [2.24, 2.45) is 0 Å². The minimum absolute atomic E-state index is 0.0535. The van der Waals surface area contributed by atoms with Crippen molar-refractivity contribution in [3.05, 3.63) is 56.6 Å². The maximum absolute atomic E-state index is 10.7. The van der Waals surface area contributed by atoms with E-state index in [0.717, 1.165) is 0 Å². The van der Waals surface area contributed by atoms with Gasteiger partial charge in [-0.15, -0.1) is 0 Å². The predicted octanol–water partition coefficient (Wildman–Crippen LogP) is 2.33. The van der Waals surface area contributed by atoms with Gasteiger partial charge in [-0.05, 0) is 23.8 Å². The lowest BCUT2D eigenvalue weighted by atomic mass is 10.0. The van der Waals surface area contributed by atoms with Crippen molar-refractivity contribution in [2.75, 3.05) is 11.5 Å². The Kier molecular flexibility index (Phi) is 3.21. The molecule has 102 valence electrons. The van der Waals surface area contributed by atoms with Crippen molar-refractivity contribution in [3.63, 3.8) is 0 Å². The molecule has 0 radical (unpaired) electrons. The fraction of sp³-hybridized carbons (Fsp3) is 0. The molecule has 0 unspecified atom stereocenters. The maximum Gasteiger partial charge on any atom is 0.294 e. The van der Waals surface area contributed by atoms with Crippen LogP contribution in [0.15, 0.2) is 36.4 Å². The Balaban J connectivity index is 2.51. The SMILES string of the molecule is Nc1c(-c2ccc([N+](=O)[O-])cc2)ccc([N+](=O)[O-])c1N. The smallest absolute Gasteiger partial charge is 0.294 e. The summed E-state index contributed by atoms with van der Waals surface area (Å²) in [6, 6.07) is 8.39. The molecule has 0 aliphatic rings. The molecule has 2 aromatic carbocycles. The van der Waals surface area contributed by atoms with E-state index in [1.807, 2.05) is 0 Å². The summed E-state index contributed by atoms with van der Waals surface area (Å²) in [5, 5.41) is 21.3. The molecule has 0 heterocycles. The van der Waals surface area contributed by atoms with Gasteiger partial charge in [-0.1, -0.05) is 0 Å². The third-order valence-electron chi connectivity index (χ3n) is 2.85. The minimum atomic E-state index is -0.620. The Morgan fingerprint density at radius 2 is 1.40 bits per heavy atom. The van der Waals surface area contributed by atoms with E-state index >= 15 is 0 Å². The molecule has 20 heavy (non-hydrogen) atoms. The van der Waals surface area contributed by atoms with Gasteiger partial charge in [0.2, 0.25) is 0 Å². The molecule has 0 fully saturated rings. The molecule has 0 aromatic heterocycles. The predicted molar refractivity (Wildman–Crippen MR) is 74.0 cm³/mol. The van der Waals surface area contributed by atoms with Crippen LogP contribution in [0, 0.1) is 20.2 Å². The summed E-state index contributed by atoms with van der Waals surface area (Å²) >= 11 is 0. The fourth-order valence-electron chi connectivity index (χ4n) is 1.80. The molecule has 0 saturated heterocycles. The van der Waals surface area contributed by atoms with Crippen LogP contribution in [0.4, 0.5) is 22.7 Å². The Morgan fingerprint density at radius 1 is 0.800 bits per heavy atom. The van der Waals surface area contributed by atoms with Gasteiger partial charge in [0, 0.05) is 23.8 Å². The Bertz CT molecular complexity index is 697. The second-order valence-corrected chi connectivity index (χ2v) is 4.02. The average molecular weight is 274 g/mol. The number of anilines is 2. The van der Waals surface area contributed by atoms with Crippen molar-refractivity contribution in [3.8, 4) is 11.1 Å². The Labute approximate surface area is 112 Å². The lowest BCUT2D eigenvalue weighted by Crippen LogP contribution is -2.02. The Hall–Kier alpha value is -3.16. The summed E-state index contributed by atoms with van der Waals surface area (Å²) in [6.07, 6.45) is 0. The third-order valence-corrected chi connectivity index (χ3v) is 2.85. The first-order chi connectivity index (χ1) is 9.41. The topological polar surface area (TPSA) is 138 Å². The largest absolute Gasteiger partial charge is 0.396 e. The zero-order chi connectivity index (χ0) is 14.9. The van der Waals surface area contributed by atoms with E-state index in [4.69, 9.17) is 11.5 Å². The van der Waals surface area contributed by atoms with Gasteiger partial charge in [0.05, 0.1) is 15.5 Å². The quantitative estimate of drug-likeness (QED) is 0.500. The number of nitro benzene ring substituents is 2. The van der Waals surface area contributed by atoms with Gasteiger partial charge in [-0.3, -0.25) is 20.2 Å². The van der Waals surface area contributed by atoms with Crippen LogP contribution in [0.5, 0.6) is 0 Å². The fourth-order valence-corrected chi connectivity index (χ4v) is 1.80. The molecule has 0 spiro atoms. The summed E-state index contributed by atoms with van der Waals surface area (Å²) in [4.78, 5) is 20.2. The van der Waals surface area contributed by atoms with Crippen molar-refractivity contribution < 1.29 is 9.85 Å². The van der Waals surface area contributed by atoms with E-state index in [1.54, 1.807) is 0 Å². The van der Waals surface area contributed by atoms with Gasteiger partial charge in [-0.25, -0.2) is 0 Å². The molecule has 2 rings (SSSR count). The minimum Gasteiger partial charge on any atom is -0.396 e. The summed E-state index contributed by atoms with van der Waals surface area (Å²) in [5.74, 6) is 0. The molecule has 0 saturated carbocycles. The lowest BCUT2D eigenvalue weighted by molar-refractivity contribution is -0.384. The summed E-state index contributed by atoms with van der Waals surface area (Å²) in [7, 11) is 0. The van der Waals surface area contributed by atoms with Gasteiger partial charge in [0.1, 0.15) is 5.69 Å².